The van der Waals surface area contributed by atoms with Gasteiger partial charge in [-0.1, -0.05) is 35.5 Å². The molecule has 1 atom stereocenters. The number of hydrogen-bond acceptors (Lipinski definition) is 5. The Balaban J connectivity index is 1.42. The van der Waals surface area contributed by atoms with Crippen LogP contribution in [0.5, 0.6) is 0 Å². The summed E-state index contributed by atoms with van der Waals surface area (Å²) in [4.78, 5) is 4.42. The van der Waals surface area contributed by atoms with E-state index in [0.29, 0.717) is 25.5 Å². The fraction of sp³-hybridized carbons (Fsp3) is 0.467. The van der Waals surface area contributed by atoms with Crippen LogP contribution in [0.3, 0.4) is 0 Å². The lowest BCUT2D eigenvalue weighted by Crippen LogP contribution is -2.13. The first-order chi connectivity index (χ1) is 9.92. The predicted octanol–water partition coefficient (Wildman–Crippen LogP) is 2.25. The van der Waals surface area contributed by atoms with Crippen LogP contribution in [0, 0.1) is 0 Å². The lowest BCUT2D eigenvalue weighted by molar-refractivity contribution is 0.122. The Labute approximate surface area is 118 Å². The molecular formula is C15H19N3O2. The van der Waals surface area contributed by atoms with Gasteiger partial charge in [0.1, 0.15) is 0 Å². The molecule has 5 heteroatoms. The van der Waals surface area contributed by atoms with Crippen molar-refractivity contribution in [2.24, 2.45) is 0 Å². The van der Waals surface area contributed by atoms with Gasteiger partial charge < -0.3 is 14.6 Å². The maximum absolute atomic E-state index is 5.62. The van der Waals surface area contributed by atoms with E-state index in [9.17, 15) is 0 Å². The lowest BCUT2D eigenvalue weighted by atomic mass is 10.2. The Bertz CT molecular complexity index is 521. The fourth-order valence-electron chi connectivity index (χ4n) is 2.33. The fourth-order valence-corrected chi connectivity index (χ4v) is 2.33. The number of hydrogen-bond donors (Lipinski definition) is 1. The predicted molar refractivity (Wildman–Crippen MR) is 74.1 cm³/mol. The van der Waals surface area contributed by atoms with Gasteiger partial charge in [0.25, 0.3) is 0 Å². The summed E-state index contributed by atoms with van der Waals surface area (Å²) in [6, 6.07) is 10.4. The van der Waals surface area contributed by atoms with E-state index in [1.165, 1.54) is 12.0 Å². The molecule has 3 rings (SSSR count). The average Bonchev–Trinajstić information content (AvgIpc) is 3.15. The molecule has 5 nitrogen and oxygen atoms in total. The van der Waals surface area contributed by atoms with E-state index in [2.05, 4.69) is 27.6 Å². The number of nitrogens with zero attached hydrogens (tertiary/aromatic N) is 2. The summed E-state index contributed by atoms with van der Waals surface area (Å²) < 4.78 is 10.9. The number of benzene rings is 1. The Morgan fingerprint density at radius 3 is 3.00 bits per heavy atom. The van der Waals surface area contributed by atoms with Crippen LogP contribution < -0.4 is 5.32 Å². The highest BCUT2D eigenvalue weighted by Crippen LogP contribution is 2.21. The molecule has 0 aliphatic carbocycles. The van der Waals surface area contributed by atoms with Crippen molar-refractivity contribution in [3.8, 4) is 0 Å². The van der Waals surface area contributed by atoms with Crippen LogP contribution in [0.15, 0.2) is 34.9 Å². The minimum Gasteiger partial charge on any atom is -0.376 e. The monoisotopic (exact) mass is 273 g/mol. The number of ether oxygens (including phenoxy) is 1. The maximum atomic E-state index is 5.62. The van der Waals surface area contributed by atoms with Gasteiger partial charge >= 0.3 is 0 Å². The first kappa shape index (κ1) is 13.3. The average molecular weight is 273 g/mol. The molecule has 0 radical (unpaired) electrons. The van der Waals surface area contributed by atoms with Crippen molar-refractivity contribution in [1.29, 1.82) is 0 Å². The quantitative estimate of drug-likeness (QED) is 0.818. The van der Waals surface area contributed by atoms with Crippen LogP contribution in [-0.2, 0) is 17.8 Å². The third-order valence-electron chi connectivity index (χ3n) is 3.42. The molecule has 0 bridgehead atoms. The molecule has 1 aromatic heterocycles. The molecule has 1 saturated heterocycles. The molecule has 1 aliphatic heterocycles. The molecule has 0 unspecified atom stereocenters. The smallest absolute Gasteiger partial charge is 0.243 e. The zero-order valence-corrected chi connectivity index (χ0v) is 11.4. The molecule has 0 amide bonds. The summed E-state index contributed by atoms with van der Waals surface area (Å²) in [5.74, 6) is 1.43. The van der Waals surface area contributed by atoms with Crippen molar-refractivity contribution >= 4 is 0 Å². The molecule has 1 aliphatic rings. The Kier molecular flexibility index (Phi) is 4.40. The highest BCUT2D eigenvalue weighted by atomic mass is 16.5. The molecular weight excluding hydrogens is 254 g/mol. The maximum Gasteiger partial charge on any atom is 0.243 e. The van der Waals surface area contributed by atoms with Crippen molar-refractivity contribution in [2.75, 3.05) is 13.2 Å². The number of nitrogens with one attached hydrogen (secondary N) is 1. The van der Waals surface area contributed by atoms with Gasteiger partial charge in [-0.3, -0.25) is 0 Å². The van der Waals surface area contributed by atoms with Gasteiger partial charge in [0.05, 0.1) is 19.3 Å². The van der Waals surface area contributed by atoms with E-state index in [1.807, 2.05) is 18.2 Å². The van der Waals surface area contributed by atoms with Gasteiger partial charge in [0.15, 0.2) is 5.82 Å². The van der Waals surface area contributed by atoms with Crippen molar-refractivity contribution in [3.05, 3.63) is 47.6 Å². The zero-order chi connectivity index (χ0) is 13.6. The van der Waals surface area contributed by atoms with E-state index in [0.717, 1.165) is 18.8 Å². The van der Waals surface area contributed by atoms with E-state index < -0.39 is 0 Å². The Morgan fingerprint density at radius 1 is 1.30 bits per heavy atom. The number of rotatable bonds is 6. The van der Waals surface area contributed by atoms with Gasteiger partial charge in [-0.15, -0.1) is 0 Å². The third-order valence-corrected chi connectivity index (χ3v) is 3.42. The largest absolute Gasteiger partial charge is 0.376 e. The minimum absolute atomic E-state index is 0.237. The van der Waals surface area contributed by atoms with Crippen molar-refractivity contribution < 1.29 is 9.26 Å². The molecule has 2 heterocycles. The molecule has 0 spiro atoms. The zero-order valence-electron chi connectivity index (χ0n) is 11.4. The molecule has 1 aromatic carbocycles. The van der Waals surface area contributed by atoms with Gasteiger partial charge in [-0.05, 0) is 24.9 Å². The summed E-state index contributed by atoms with van der Waals surface area (Å²) in [6.45, 7) is 2.25. The molecule has 0 saturated carbocycles. The standard InChI is InChI=1S/C15H19N3O2/c1-2-5-12(6-3-1)11-19-10-8-14-17-15(20-18-14)13-7-4-9-16-13/h1-3,5-6,13,16H,4,7-11H2/t13-/m0/s1. The lowest BCUT2D eigenvalue weighted by Gasteiger charge is -2.02. The van der Waals surface area contributed by atoms with Gasteiger partial charge in [-0.2, -0.15) is 4.98 Å². The summed E-state index contributed by atoms with van der Waals surface area (Å²) >= 11 is 0. The second-order valence-electron chi connectivity index (χ2n) is 4.99. The van der Waals surface area contributed by atoms with E-state index in [-0.39, 0.29) is 6.04 Å². The van der Waals surface area contributed by atoms with E-state index in [4.69, 9.17) is 9.26 Å². The van der Waals surface area contributed by atoms with Crippen LogP contribution in [0.25, 0.3) is 0 Å². The van der Waals surface area contributed by atoms with Crippen LogP contribution in [0.2, 0.25) is 0 Å². The summed E-state index contributed by atoms with van der Waals surface area (Å²) in [5, 5.41) is 7.35. The molecule has 1 fully saturated rings. The third kappa shape index (κ3) is 3.43. The van der Waals surface area contributed by atoms with E-state index >= 15 is 0 Å². The normalized spacial score (nSPS) is 18.5. The van der Waals surface area contributed by atoms with Gasteiger partial charge in [-0.25, -0.2) is 0 Å². The SMILES string of the molecule is c1ccc(COCCc2noc([C@@H]3CCCN3)n2)cc1. The second kappa shape index (κ2) is 6.63. The molecule has 106 valence electrons. The highest BCUT2D eigenvalue weighted by molar-refractivity contribution is 5.13. The summed E-state index contributed by atoms with van der Waals surface area (Å²) in [5.41, 5.74) is 1.18. The highest BCUT2D eigenvalue weighted by Gasteiger charge is 2.22. The minimum atomic E-state index is 0.237. The van der Waals surface area contributed by atoms with Crippen LogP contribution in [0.4, 0.5) is 0 Å². The first-order valence-corrected chi connectivity index (χ1v) is 7.09. The Hall–Kier alpha value is -1.72. The second-order valence-corrected chi connectivity index (χ2v) is 4.99. The number of aromatic nitrogens is 2. The van der Waals surface area contributed by atoms with Gasteiger partial charge in [0.2, 0.25) is 5.89 Å². The Morgan fingerprint density at radius 2 is 2.20 bits per heavy atom. The summed E-state index contributed by atoms with van der Waals surface area (Å²) in [7, 11) is 0. The van der Waals surface area contributed by atoms with Crippen molar-refractivity contribution in [3.63, 3.8) is 0 Å². The van der Waals surface area contributed by atoms with Crippen LogP contribution in [0.1, 0.15) is 36.2 Å². The first-order valence-electron chi connectivity index (χ1n) is 7.09. The van der Waals surface area contributed by atoms with Crippen molar-refractivity contribution in [1.82, 2.24) is 15.5 Å². The van der Waals surface area contributed by atoms with E-state index in [1.54, 1.807) is 0 Å². The molecule has 20 heavy (non-hydrogen) atoms. The molecule has 2 aromatic rings. The summed E-state index contributed by atoms with van der Waals surface area (Å²) in [6.07, 6.45) is 2.93. The topological polar surface area (TPSA) is 60.2 Å². The van der Waals surface area contributed by atoms with Gasteiger partial charge in [0, 0.05) is 6.42 Å². The van der Waals surface area contributed by atoms with Crippen LogP contribution in [-0.4, -0.2) is 23.3 Å². The van der Waals surface area contributed by atoms with Crippen LogP contribution >= 0.6 is 0 Å². The van der Waals surface area contributed by atoms with Crippen molar-refractivity contribution in [2.45, 2.75) is 31.9 Å². The molecule has 1 N–H and O–H groups in total.